The van der Waals surface area contributed by atoms with Gasteiger partial charge in [-0.25, -0.2) is 4.39 Å². The van der Waals surface area contributed by atoms with Crippen LogP contribution in [0.25, 0.3) is 0 Å². The minimum Gasteiger partial charge on any atom is -0.497 e. The number of benzene rings is 2. The Hall–Kier alpha value is -2.54. The smallest absolute Gasteiger partial charge is 0.327 e. The first kappa shape index (κ1) is 23.6. The average Bonchev–Trinajstić information content (AvgIpc) is 3.46. The Morgan fingerprint density at radius 3 is 2.42 bits per heavy atom. The zero-order valence-electron chi connectivity index (χ0n) is 19.2. The molecule has 0 spiro atoms. The number of carbonyl (C=O) groups excluding carboxylic acids is 1. The van der Waals surface area contributed by atoms with Crippen LogP contribution in [0.15, 0.2) is 36.4 Å². The number of fused-ring (bicyclic) bond motifs is 1. The third-order valence-corrected chi connectivity index (χ3v) is 6.88. The maximum atomic E-state index is 15.2. The standard InChI is InChI=1S/C26H31F3N2O2/c1-17-11-23(33-2)15-20(24(17)27)14-22(16-31-9-5-6-10-31)30-25(32)26(28,29)21-12-18-7-3-4-8-19(18)13-21/h3-4,7-8,11,15,21-22H,5-6,9-10,12-14,16H2,1-2H3,(H,30,32). The molecule has 2 aliphatic rings. The van der Waals surface area contributed by atoms with Gasteiger partial charge in [0.25, 0.3) is 5.91 Å². The summed E-state index contributed by atoms with van der Waals surface area (Å²) in [6.45, 7) is 3.74. The van der Waals surface area contributed by atoms with Crippen molar-refractivity contribution in [2.75, 3.05) is 26.7 Å². The molecule has 1 aliphatic heterocycles. The lowest BCUT2D eigenvalue weighted by Crippen LogP contribution is -2.52. The number of halogens is 3. The Morgan fingerprint density at radius 1 is 1.18 bits per heavy atom. The minimum atomic E-state index is -3.51. The first-order chi connectivity index (χ1) is 15.8. The summed E-state index contributed by atoms with van der Waals surface area (Å²) in [6, 6.07) is 9.88. The van der Waals surface area contributed by atoms with Crippen LogP contribution in [0, 0.1) is 18.7 Å². The number of amides is 1. The highest BCUT2D eigenvalue weighted by Crippen LogP contribution is 2.37. The molecule has 1 aliphatic carbocycles. The lowest BCUT2D eigenvalue weighted by molar-refractivity contribution is -0.154. The molecule has 1 unspecified atom stereocenters. The molecule has 178 valence electrons. The summed E-state index contributed by atoms with van der Waals surface area (Å²) in [7, 11) is 1.50. The highest BCUT2D eigenvalue weighted by molar-refractivity contribution is 5.84. The summed E-state index contributed by atoms with van der Waals surface area (Å²) in [5, 5.41) is 2.58. The van der Waals surface area contributed by atoms with E-state index in [-0.39, 0.29) is 19.3 Å². The molecule has 0 radical (unpaired) electrons. The minimum absolute atomic E-state index is 0.118. The normalized spacial score (nSPS) is 17.7. The predicted octanol–water partition coefficient (Wildman–Crippen LogP) is 4.32. The Labute approximate surface area is 193 Å². The van der Waals surface area contributed by atoms with Crippen molar-refractivity contribution in [2.45, 2.75) is 51.0 Å². The quantitative estimate of drug-likeness (QED) is 0.638. The molecule has 0 saturated carbocycles. The molecule has 2 aromatic carbocycles. The fourth-order valence-corrected chi connectivity index (χ4v) is 5.06. The molecule has 0 aromatic heterocycles. The van der Waals surface area contributed by atoms with Crippen molar-refractivity contribution in [3.63, 3.8) is 0 Å². The van der Waals surface area contributed by atoms with E-state index in [0.29, 0.717) is 23.4 Å². The van der Waals surface area contributed by atoms with Crippen LogP contribution in [0.3, 0.4) is 0 Å². The molecule has 1 N–H and O–H groups in total. The van der Waals surface area contributed by atoms with E-state index < -0.39 is 29.6 Å². The molecule has 0 bridgehead atoms. The van der Waals surface area contributed by atoms with Crippen LogP contribution in [0.5, 0.6) is 5.75 Å². The van der Waals surface area contributed by atoms with E-state index in [9.17, 15) is 9.18 Å². The Morgan fingerprint density at radius 2 is 1.82 bits per heavy atom. The van der Waals surface area contributed by atoms with Crippen LogP contribution in [0.1, 0.15) is 35.1 Å². The maximum absolute atomic E-state index is 15.2. The van der Waals surface area contributed by atoms with E-state index in [1.165, 1.54) is 7.11 Å². The van der Waals surface area contributed by atoms with Gasteiger partial charge in [-0.1, -0.05) is 24.3 Å². The SMILES string of the molecule is COc1cc(C)c(F)c(CC(CN2CCCC2)NC(=O)C(F)(F)C2Cc3ccccc3C2)c1. The highest BCUT2D eigenvalue weighted by Gasteiger charge is 2.49. The summed E-state index contributed by atoms with van der Waals surface area (Å²) in [5.74, 6) is -5.74. The van der Waals surface area contributed by atoms with Crippen molar-refractivity contribution >= 4 is 5.91 Å². The monoisotopic (exact) mass is 460 g/mol. The Balaban J connectivity index is 1.51. The topological polar surface area (TPSA) is 41.6 Å². The van der Waals surface area contributed by atoms with Gasteiger partial charge in [0.05, 0.1) is 7.11 Å². The van der Waals surface area contributed by atoms with E-state index in [0.717, 1.165) is 37.1 Å². The summed E-state index contributed by atoms with van der Waals surface area (Å²) in [5.41, 5.74) is 2.52. The van der Waals surface area contributed by atoms with Crippen LogP contribution in [-0.2, 0) is 24.1 Å². The van der Waals surface area contributed by atoms with E-state index in [4.69, 9.17) is 4.74 Å². The Kier molecular flexibility index (Phi) is 6.98. The van der Waals surface area contributed by atoms with Gasteiger partial charge in [0.2, 0.25) is 0 Å². The van der Waals surface area contributed by atoms with Gasteiger partial charge in [-0.05, 0) is 86.5 Å². The molecule has 33 heavy (non-hydrogen) atoms. The fraction of sp³-hybridized carbons (Fsp3) is 0.500. The molecule has 1 saturated heterocycles. The van der Waals surface area contributed by atoms with E-state index in [2.05, 4.69) is 10.2 Å². The largest absolute Gasteiger partial charge is 0.497 e. The van der Waals surface area contributed by atoms with E-state index >= 15 is 8.78 Å². The first-order valence-corrected chi connectivity index (χ1v) is 11.6. The number of nitrogens with one attached hydrogen (secondary N) is 1. The van der Waals surface area contributed by atoms with Crippen molar-refractivity contribution in [1.29, 1.82) is 0 Å². The van der Waals surface area contributed by atoms with Gasteiger partial charge >= 0.3 is 5.92 Å². The van der Waals surface area contributed by atoms with Gasteiger partial charge in [0, 0.05) is 18.5 Å². The summed E-state index contributed by atoms with van der Waals surface area (Å²) in [4.78, 5) is 15.0. The van der Waals surface area contributed by atoms with Crippen molar-refractivity contribution < 1.29 is 22.7 Å². The Bertz CT molecular complexity index is 980. The number of aryl methyl sites for hydroxylation is 1. The van der Waals surface area contributed by atoms with Gasteiger partial charge < -0.3 is 15.0 Å². The second-order valence-corrected chi connectivity index (χ2v) is 9.30. The van der Waals surface area contributed by atoms with E-state index in [1.807, 2.05) is 24.3 Å². The molecule has 7 heteroatoms. The highest BCUT2D eigenvalue weighted by atomic mass is 19.3. The van der Waals surface area contributed by atoms with Crippen molar-refractivity contribution in [3.05, 3.63) is 64.5 Å². The van der Waals surface area contributed by atoms with Gasteiger partial charge in [-0.15, -0.1) is 0 Å². The molecular formula is C26H31F3N2O2. The number of likely N-dealkylation sites (tertiary alicyclic amines) is 1. The zero-order valence-corrected chi connectivity index (χ0v) is 19.2. The molecule has 1 amide bonds. The lowest BCUT2D eigenvalue weighted by Gasteiger charge is -2.29. The van der Waals surface area contributed by atoms with Crippen LogP contribution >= 0.6 is 0 Å². The van der Waals surface area contributed by atoms with Gasteiger partial charge in [-0.2, -0.15) is 8.78 Å². The van der Waals surface area contributed by atoms with E-state index in [1.54, 1.807) is 19.1 Å². The number of nitrogens with zero attached hydrogens (tertiary/aromatic N) is 1. The third-order valence-electron chi connectivity index (χ3n) is 6.88. The molecule has 1 fully saturated rings. The van der Waals surface area contributed by atoms with Crippen LogP contribution in [-0.4, -0.2) is 49.5 Å². The van der Waals surface area contributed by atoms with Crippen molar-refractivity contribution in [1.82, 2.24) is 10.2 Å². The van der Waals surface area contributed by atoms with Gasteiger partial charge in [0.1, 0.15) is 11.6 Å². The number of methoxy groups -OCH3 is 1. The lowest BCUT2D eigenvalue weighted by atomic mass is 9.96. The number of ether oxygens (including phenoxy) is 1. The average molecular weight is 461 g/mol. The van der Waals surface area contributed by atoms with Crippen LogP contribution < -0.4 is 10.1 Å². The molecule has 1 atom stereocenters. The van der Waals surface area contributed by atoms with Crippen molar-refractivity contribution in [3.8, 4) is 5.75 Å². The molecular weight excluding hydrogens is 429 g/mol. The second-order valence-electron chi connectivity index (χ2n) is 9.30. The molecule has 4 nitrogen and oxygen atoms in total. The predicted molar refractivity (Wildman–Crippen MR) is 121 cm³/mol. The van der Waals surface area contributed by atoms with Gasteiger partial charge in [0.15, 0.2) is 0 Å². The number of hydrogen-bond acceptors (Lipinski definition) is 3. The maximum Gasteiger partial charge on any atom is 0.327 e. The summed E-state index contributed by atoms with van der Waals surface area (Å²) in [6.07, 6.45) is 2.54. The van der Waals surface area contributed by atoms with Crippen LogP contribution in [0.2, 0.25) is 0 Å². The summed E-state index contributed by atoms with van der Waals surface area (Å²) >= 11 is 0. The number of carbonyl (C=O) groups is 1. The number of alkyl halides is 2. The fourth-order valence-electron chi connectivity index (χ4n) is 5.06. The third kappa shape index (κ3) is 5.18. The molecule has 1 heterocycles. The first-order valence-electron chi connectivity index (χ1n) is 11.6. The molecule has 4 rings (SSSR count). The molecule has 2 aromatic rings. The number of rotatable bonds is 8. The van der Waals surface area contributed by atoms with Gasteiger partial charge in [-0.3, -0.25) is 4.79 Å². The summed E-state index contributed by atoms with van der Waals surface area (Å²) < 4.78 is 50.6. The van der Waals surface area contributed by atoms with Crippen molar-refractivity contribution in [2.24, 2.45) is 5.92 Å². The van der Waals surface area contributed by atoms with Crippen LogP contribution in [0.4, 0.5) is 13.2 Å². The zero-order chi connectivity index (χ0) is 23.6. The number of hydrogen-bond donors (Lipinski definition) is 1. The second kappa shape index (κ2) is 9.75.